The number of hydrogen-bond acceptors (Lipinski definition) is 3. The third-order valence-corrected chi connectivity index (χ3v) is 2.95. The predicted molar refractivity (Wildman–Crippen MR) is 70.9 cm³/mol. The van der Waals surface area contributed by atoms with E-state index in [0.29, 0.717) is 12.6 Å². The minimum atomic E-state index is 0.426. The van der Waals surface area contributed by atoms with Crippen LogP contribution < -0.4 is 11.1 Å². The van der Waals surface area contributed by atoms with Crippen LogP contribution in [-0.4, -0.2) is 12.6 Å². The van der Waals surface area contributed by atoms with Crippen LogP contribution in [0.25, 0.3) is 11.0 Å². The summed E-state index contributed by atoms with van der Waals surface area (Å²) >= 11 is 0. The largest absolute Gasteiger partial charge is 0.460 e. The summed E-state index contributed by atoms with van der Waals surface area (Å²) in [6, 6.07) is 8.77. The molecule has 1 unspecified atom stereocenters. The first-order valence-electron chi connectivity index (χ1n) is 6.11. The molecule has 17 heavy (non-hydrogen) atoms. The van der Waals surface area contributed by atoms with Crippen LogP contribution in [0.2, 0.25) is 0 Å². The molecule has 0 saturated heterocycles. The van der Waals surface area contributed by atoms with Crippen LogP contribution in [0, 0.1) is 6.92 Å². The van der Waals surface area contributed by atoms with Crippen LogP contribution in [0.5, 0.6) is 0 Å². The van der Waals surface area contributed by atoms with Crippen LogP contribution in [0.1, 0.15) is 24.7 Å². The predicted octanol–water partition coefficient (Wildman–Crippen LogP) is 2.57. The summed E-state index contributed by atoms with van der Waals surface area (Å²) in [7, 11) is 0. The Hall–Kier alpha value is -1.32. The number of nitrogens with two attached hydrogens (primary N) is 1. The van der Waals surface area contributed by atoms with E-state index >= 15 is 0 Å². The summed E-state index contributed by atoms with van der Waals surface area (Å²) in [4.78, 5) is 0. The lowest BCUT2D eigenvalue weighted by Crippen LogP contribution is -2.27. The lowest BCUT2D eigenvalue weighted by molar-refractivity contribution is 0.462. The van der Waals surface area contributed by atoms with Crippen LogP contribution in [-0.2, 0) is 6.54 Å². The first-order chi connectivity index (χ1) is 8.19. The van der Waals surface area contributed by atoms with E-state index in [9.17, 15) is 0 Å². The van der Waals surface area contributed by atoms with Gasteiger partial charge in [-0.1, -0.05) is 11.6 Å². The SMILES string of the molecule is Cc1ccc2oc(CNC(C)CCN)cc2c1. The third kappa shape index (κ3) is 3.08. The maximum Gasteiger partial charge on any atom is 0.134 e. The first-order valence-corrected chi connectivity index (χ1v) is 6.11. The average Bonchev–Trinajstić information content (AvgIpc) is 2.68. The van der Waals surface area contributed by atoms with Gasteiger partial charge in [0.05, 0.1) is 6.54 Å². The minimum Gasteiger partial charge on any atom is -0.460 e. The van der Waals surface area contributed by atoms with Crippen LogP contribution in [0.4, 0.5) is 0 Å². The van der Waals surface area contributed by atoms with Gasteiger partial charge in [-0.15, -0.1) is 0 Å². The topological polar surface area (TPSA) is 51.2 Å². The number of nitrogens with one attached hydrogen (secondary N) is 1. The van der Waals surface area contributed by atoms with Gasteiger partial charge in [-0.2, -0.15) is 0 Å². The van der Waals surface area contributed by atoms with Crippen molar-refractivity contribution in [2.75, 3.05) is 6.54 Å². The second-order valence-corrected chi connectivity index (χ2v) is 4.61. The van der Waals surface area contributed by atoms with Gasteiger partial charge in [-0.3, -0.25) is 0 Å². The zero-order valence-corrected chi connectivity index (χ0v) is 10.5. The van der Waals surface area contributed by atoms with Gasteiger partial charge in [0, 0.05) is 11.4 Å². The van der Waals surface area contributed by atoms with Crippen molar-refractivity contribution in [1.29, 1.82) is 0 Å². The highest BCUT2D eigenvalue weighted by molar-refractivity contribution is 5.78. The monoisotopic (exact) mass is 232 g/mol. The standard InChI is InChI=1S/C14H20N2O/c1-10-3-4-14-12(7-10)8-13(17-14)9-16-11(2)5-6-15/h3-4,7-8,11,16H,5-6,9,15H2,1-2H3. The third-order valence-electron chi connectivity index (χ3n) is 2.95. The molecule has 0 aliphatic carbocycles. The van der Waals surface area contributed by atoms with Gasteiger partial charge < -0.3 is 15.5 Å². The fourth-order valence-corrected chi connectivity index (χ4v) is 1.93. The Bertz CT molecular complexity index is 490. The van der Waals surface area contributed by atoms with Crippen molar-refractivity contribution in [1.82, 2.24) is 5.32 Å². The summed E-state index contributed by atoms with van der Waals surface area (Å²) in [5, 5.41) is 4.58. The second-order valence-electron chi connectivity index (χ2n) is 4.61. The van der Waals surface area contributed by atoms with E-state index in [-0.39, 0.29) is 0 Å². The van der Waals surface area contributed by atoms with Crippen molar-refractivity contribution in [3.8, 4) is 0 Å². The molecule has 1 atom stereocenters. The molecule has 0 aliphatic heterocycles. The smallest absolute Gasteiger partial charge is 0.134 e. The molecule has 0 aliphatic rings. The Morgan fingerprint density at radius 2 is 2.18 bits per heavy atom. The van der Waals surface area contributed by atoms with Gasteiger partial charge in [0.1, 0.15) is 11.3 Å². The Morgan fingerprint density at radius 3 is 2.94 bits per heavy atom. The molecular weight excluding hydrogens is 212 g/mol. The van der Waals surface area contributed by atoms with Crippen LogP contribution in [0.15, 0.2) is 28.7 Å². The van der Waals surface area contributed by atoms with E-state index in [0.717, 1.165) is 24.3 Å². The molecule has 0 radical (unpaired) electrons. The van der Waals surface area contributed by atoms with E-state index in [2.05, 4.69) is 37.4 Å². The molecule has 2 aromatic rings. The minimum absolute atomic E-state index is 0.426. The fourth-order valence-electron chi connectivity index (χ4n) is 1.93. The molecule has 3 N–H and O–H groups in total. The number of rotatable bonds is 5. The van der Waals surface area contributed by atoms with E-state index in [1.54, 1.807) is 0 Å². The molecule has 92 valence electrons. The molecule has 3 nitrogen and oxygen atoms in total. The zero-order valence-electron chi connectivity index (χ0n) is 10.5. The summed E-state index contributed by atoms with van der Waals surface area (Å²) in [6.07, 6.45) is 0.985. The summed E-state index contributed by atoms with van der Waals surface area (Å²) < 4.78 is 5.76. The zero-order chi connectivity index (χ0) is 12.3. The number of fused-ring (bicyclic) bond motifs is 1. The van der Waals surface area contributed by atoms with Crippen LogP contribution in [0.3, 0.4) is 0 Å². The van der Waals surface area contributed by atoms with E-state index in [1.807, 2.05) is 6.07 Å². The van der Waals surface area contributed by atoms with Gasteiger partial charge in [-0.05, 0) is 45.0 Å². The molecule has 2 rings (SSSR count). The molecule has 1 aromatic heterocycles. The van der Waals surface area contributed by atoms with Crippen molar-refractivity contribution in [2.45, 2.75) is 32.9 Å². The Kier molecular flexibility index (Phi) is 3.82. The highest BCUT2D eigenvalue weighted by Gasteiger charge is 2.05. The lowest BCUT2D eigenvalue weighted by atomic mass is 10.2. The van der Waals surface area contributed by atoms with Crippen molar-refractivity contribution in [3.05, 3.63) is 35.6 Å². The molecule has 0 spiro atoms. The molecule has 1 aromatic carbocycles. The van der Waals surface area contributed by atoms with Gasteiger partial charge in [0.2, 0.25) is 0 Å². The number of benzene rings is 1. The molecule has 0 fully saturated rings. The van der Waals surface area contributed by atoms with E-state index in [1.165, 1.54) is 10.9 Å². The summed E-state index contributed by atoms with van der Waals surface area (Å²) in [5.41, 5.74) is 7.73. The number of furan rings is 1. The molecule has 0 saturated carbocycles. The molecule has 0 amide bonds. The van der Waals surface area contributed by atoms with Crippen LogP contribution >= 0.6 is 0 Å². The molecule has 1 heterocycles. The maximum absolute atomic E-state index is 5.76. The Balaban J connectivity index is 2.04. The van der Waals surface area contributed by atoms with Gasteiger partial charge in [0.15, 0.2) is 0 Å². The number of aryl methyl sites for hydroxylation is 1. The Labute approximate surface area is 102 Å². The van der Waals surface area contributed by atoms with Gasteiger partial charge in [-0.25, -0.2) is 0 Å². The van der Waals surface area contributed by atoms with Crippen molar-refractivity contribution < 1.29 is 4.42 Å². The van der Waals surface area contributed by atoms with Crippen molar-refractivity contribution in [2.24, 2.45) is 5.73 Å². The normalized spacial score (nSPS) is 13.1. The second kappa shape index (κ2) is 5.34. The fraction of sp³-hybridized carbons (Fsp3) is 0.429. The summed E-state index contributed by atoms with van der Waals surface area (Å²) in [6.45, 7) is 5.70. The maximum atomic E-state index is 5.76. The first kappa shape index (κ1) is 12.1. The quantitative estimate of drug-likeness (QED) is 0.833. The highest BCUT2D eigenvalue weighted by atomic mass is 16.3. The van der Waals surface area contributed by atoms with E-state index in [4.69, 9.17) is 10.2 Å². The molecular formula is C14H20N2O. The lowest BCUT2D eigenvalue weighted by Gasteiger charge is -2.10. The molecule has 3 heteroatoms. The summed E-state index contributed by atoms with van der Waals surface area (Å²) in [5.74, 6) is 0.981. The molecule has 0 bridgehead atoms. The van der Waals surface area contributed by atoms with Crippen molar-refractivity contribution >= 4 is 11.0 Å². The van der Waals surface area contributed by atoms with Crippen molar-refractivity contribution in [3.63, 3.8) is 0 Å². The number of hydrogen-bond donors (Lipinski definition) is 2. The highest BCUT2D eigenvalue weighted by Crippen LogP contribution is 2.20. The van der Waals surface area contributed by atoms with Gasteiger partial charge >= 0.3 is 0 Å². The average molecular weight is 232 g/mol. The van der Waals surface area contributed by atoms with E-state index < -0.39 is 0 Å². The van der Waals surface area contributed by atoms with Gasteiger partial charge in [0.25, 0.3) is 0 Å². The Morgan fingerprint density at radius 1 is 1.35 bits per heavy atom.